The highest BCUT2D eigenvalue weighted by atomic mass is 16.1. The van der Waals surface area contributed by atoms with Crippen molar-refractivity contribution >= 4 is 5.95 Å². The molecule has 0 saturated carbocycles. The number of hydrogen-bond donors (Lipinski definition) is 0. The van der Waals surface area contributed by atoms with Gasteiger partial charge in [-0.15, -0.1) is 0 Å². The highest BCUT2D eigenvalue weighted by Gasteiger charge is 1.99. The van der Waals surface area contributed by atoms with E-state index in [0.717, 1.165) is 0 Å². The SMILES string of the molecule is CN(C)c1nc(=O)ccn1C. The van der Waals surface area contributed by atoms with Gasteiger partial charge in [0.25, 0.3) is 5.56 Å². The smallest absolute Gasteiger partial charge is 0.274 e. The van der Waals surface area contributed by atoms with Crippen LogP contribution in [0.2, 0.25) is 0 Å². The second-order valence-corrected chi connectivity index (χ2v) is 2.57. The van der Waals surface area contributed by atoms with Crippen molar-refractivity contribution in [3.8, 4) is 0 Å². The van der Waals surface area contributed by atoms with Crippen LogP contribution in [-0.2, 0) is 7.05 Å². The molecule has 1 heterocycles. The van der Waals surface area contributed by atoms with Gasteiger partial charge in [0.1, 0.15) is 0 Å². The Morgan fingerprint density at radius 2 is 2.18 bits per heavy atom. The molecule has 0 radical (unpaired) electrons. The van der Waals surface area contributed by atoms with E-state index in [1.165, 1.54) is 6.07 Å². The van der Waals surface area contributed by atoms with Gasteiger partial charge < -0.3 is 9.47 Å². The lowest BCUT2D eigenvalue weighted by Gasteiger charge is -2.13. The Labute approximate surface area is 65.1 Å². The highest BCUT2D eigenvalue weighted by Crippen LogP contribution is 1.99. The summed E-state index contributed by atoms with van der Waals surface area (Å²) in [7, 11) is 5.55. The number of aromatic nitrogens is 2. The van der Waals surface area contributed by atoms with Crippen LogP contribution in [0.15, 0.2) is 17.1 Å². The van der Waals surface area contributed by atoms with Gasteiger partial charge >= 0.3 is 0 Å². The standard InChI is InChI=1S/C7H11N3O/c1-9(2)7-8-6(11)4-5-10(7)3/h4-5H,1-3H3. The zero-order chi connectivity index (χ0) is 8.43. The quantitative estimate of drug-likeness (QED) is 0.563. The Kier molecular flexibility index (Phi) is 1.94. The highest BCUT2D eigenvalue weighted by molar-refractivity contribution is 5.26. The molecule has 4 heteroatoms. The van der Waals surface area contributed by atoms with Gasteiger partial charge in [-0.1, -0.05) is 0 Å². The van der Waals surface area contributed by atoms with Crippen LogP contribution in [-0.4, -0.2) is 23.6 Å². The number of hydrogen-bond acceptors (Lipinski definition) is 3. The van der Waals surface area contributed by atoms with Crippen LogP contribution in [0, 0.1) is 0 Å². The van der Waals surface area contributed by atoms with Gasteiger partial charge in [0.15, 0.2) is 0 Å². The molecule has 0 aliphatic rings. The first-order valence-corrected chi connectivity index (χ1v) is 3.32. The summed E-state index contributed by atoms with van der Waals surface area (Å²) in [5.74, 6) is 0.664. The summed E-state index contributed by atoms with van der Waals surface area (Å²) in [6.45, 7) is 0. The van der Waals surface area contributed by atoms with Crippen molar-refractivity contribution < 1.29 is 0 Å². The summed E-state index contributed by atoms with van der Waals surface area (Å²) >= 11 is 0. The van der Waals surface area contributed by atoms with E-state index in [4.69, 9.17) is 0 Å². The van der Waals surface area contributed by atoms with E-state index >= 15 is 0 Å². The first-order chi connectivity index (χ1) is 5.11. The molecule has 0 aliphatic heterocycles. The first-order valence-electron chi connectivity index (χ1n) is 3.32. The summed E-state index contributed by atoms with van der Waals surface area (Å²) < 4.78 is 1.79. The maximum atomic E-state index is 10.8. The molecule has 1 rings (SSSR count). The second-order valence-electron chi connectivity index (χ2n) is 2.57. The normalized spacial score (nSPS) is 9.73. The maximum absolute atomic E-state index is 10.8. The van der Waals surface area contributed by atoms with E-state index in [-0.39, 0.29) is 5.56 Å². The van der Waals surface area contributed by atoms with Crippen molar-refractivity contribution in [3.05, 3.63) is 22.6 Å². The van der Waals surface area contributed by atoms with E-state index < -0.39 is 0 Å². The predicted octanol–water partition coefficient (Wildman–Crippen LogP) is -0.154. The van der Waals surface area contributed by atoms with Crippen LogP contribution in [0.1, 0.15) is 0 Å². The van der Waals surface area contributed by atoms with Crippen molar-refractivity contribution in [3.63, 3.8) is 0 Å². The average molecular weight is 153 g/mol. The molecule has 60 valence electrons. The molecule has 0 bridgehead atoms. The van der Waals surface area contributed by atoms with Crippen molar-refractivity contribution in [1.82, 2.24) is 9.55 Å². The summed E-state index contributed by atoms with van der Waals surface area (Å²) in [5.41, 5.74) is -0.202. The van der Waals surface area contributed by atoms with Crippen LogP contribution >= 0.6 is 0 Å². The zero-order valence-corrected chi connectivity index (χ0v) is 6.90. The molecule has 0 unspecified atom stereocenters. The van der Waals surface area contributed by atoms with Crippen LogP contribution in [0.25, 0.3) is 0 Å². The fourth-order valence-electron chi connectivity index (χ4n) is 0.872. The molecule has 0 fully saturated rings. The van der Waals surface area contributed by atoms with Gasteiger partial charge in [0.2, 0.25) is 5.95 Å². The Hall–Kier alpha value is -1.32. The van der Waals surface area contributed by atoms with Crippen LogP contribution < -0.4 is 10.5 Å². The molecule has 4 nitrogen and oxygen atoms in total. The molecule has 0 aromatic carbocycles. The average Bonchev–Trinajstić information content (AvgIpc) is 1.94. The molecule has 0 atom stereocenters. The number of aryl methyl sites for hydroxylation is 1. The molecule has 0 spiro atoms. The molecular formula is C7H11N3O. The molecular weight excluding hydrogens is 142 g/mol. The van der Waals surface area contributed by atoms with Crippen molar-refractivity contribution in [2.45, 2.75) is 0 Å². The minimum absolute atomic E-state index is 0.202. The number of nitrogens with zero attached hydrogens (tertiary/aromatic N) is 3. The summed E-state index contributed by atoms with van der Waals surface area (Å²) in [6.07, 6.45) is 1.70. The van der Waals surface area contributed by atoms with Gasteiger partial charge in [-0.2, -0.15) is 4.98 Å². The van der Waals surface area contributed by atoms with E-state index in [1.807, 2.05) is 21.1 Å². The first kappa shape index (κ1) is 7.78. The molecule has 1 aromatic rings. The number of anilines is 1. The van der Waals surface area contributed by atoms with Crippen LogP contribution in [0.3, 0.4) is 0 Å². The Morgan fingerprint density at radius 3 is 2.64 bits per heavy atom. The molecule has 0 amide bonds. The van der Waals surface area contributed by atoms with Crippen molar-refractivity contribution in [2.75, 3.05) is 19.0 Å². The van der Waals surface area contributed by atoms with Crippen LogP contribution in [0.4, 0.5) is 5.95 Å². The van der Waals surface area contributed by atoms with Gasteiger partial charge in [-0.05, 0) is 0 Å². The Morgan fingerprint density at radius 1 is 1.55 bits per heavy atom. The summed E-state index contributed by atoms with van der Waals surface area (Å²) in [4.78, 5) is 16.4. The monoisotopic (exact) mass is 153 g/mol. The van der Waals surface area contributed by atoms with E-state index in [9.17, 15) is 4.79 Å². The third kappa shape index (κ3) is 1.58. The molecule has 0 saturated heterocycles. The third-order valence-corrected chi connectivity index (χ3v) is 1.37. The fourth-order valence-corrected chi connectivity index (χ4v) is 0.872. The topological polar surface area (TPSA) is 38.1 Å². The largest absolute Gasteiger partial charge is 0.348 e. The summed E-state index contributed by atoms with van der Waals surface area (Å²) in [6, 6.07) is 1.44. The Bertz CT molecular complexity index is 303. The van der Waals surface area contributed by atoms with Gasteiger partial charge in [-0.25, -0.2) is 0 Å². The zero-order valence-electron chi connectivity index (χ0n) is 6.90. The number of rotatable bonds is 1. The van der Waals surface area contributed by atoms with E-state index in [0.29, 0.717) is 5.95 Å². The van der Waals surface area contributed by atoms with Gasteiger partial charge in [0.05, 0.1) is 0 Å². The minimum Gasteiger partial charge on any atom is -0.348 e. The summed E-state index contributed by atoms with van der Waals surface area (Å²) in [5, 5.41) is 0. The van der Waals surface area contributed by atoms with Gasteiger partial charge in [-0.3, -0.25) is 4.79 Å². The fraction of sp³-hybridized carbons (Fsp3) is 0.429. The molecule has 0 aliphatic carbocycles. The lowest BCUT2D eigenvalue weighted by molar-refractivity contribution is 0.816. The molecule has 1 aromatic heterocycles. The van der Waals surface area contributed by atoms with E-state index in [1.54, 1.807) is 15.7 Å². The third-order valence-electron chi connectivity index (χ3n) is 1.37. The lowest BCUT2D eigenvalue weighted by Crippen LogP contribution is -2.21. The minimum atomic E-state index is -0.202. The van der Waals surface area contributed by atoms with Crippen molar-refractivity contribution in [2.24, 2.45) is 7.05 Å². The van der Waals surface area contributed by atoms with Crippen LogP contribution in [0.5, 0.6) is 0 Å². The second kappa shape index (κ2) is 2.74. The maximum Gasteiger partial charge on any atom is 0.274 e. The Balaban J connectivity index is 3.23. The van der Waals surface area contributed by atoms with E-state index in [2.05, 4.69) is 4.98 Å². The molecule has 11 heavy (non-hydrogen) atoms. The van der Waals surface area contributed by atoms with Crippen molar-refractivity contribution in [1.29, 1.82) is 0 Å². The van der Waals surface area contributed by atoms with Gasteiger partial charge in [0, 0.05) is 33.4 Å². The predicted molar refractivity (Wildman–Crippen MR) is 43.8 cm³/mol. The lowest BCUT2D eigenvalue weighted by atomic mass is 10.6. The molecule has 0 N–H and O–H groups in total.